The molecule has 9 heteroatoms. The molecule has 0 aliphatic carbocycles. The smallest absolute Gasteiger partial charge is 0.192 e. The first-order valence-electron chi connectivity index (χ1n) is 8.61. The molecule has 0 aliphatic heterocycles. The topological polar surface area (TPSA) is 80.0 Å². The molecule has 3 aromatic rings. The van der Waals surface area contributed by atoms with Crippen molar-refractivity contribution in [1.82, 2.24) is 30.4 Å². The van der Waals surface area contributed by atoms with E-state index < -0.39 is 0 Å². The fraction of sp³-hybridized carbons (Fsp3) is 0.333. The summed E-state index contributed by atoms with van der Waals surface area (Å²) in [7, 11) is 1.94. The van der Waals surface area contributed by atoms with E-state index in [1.54, 1.807) is 23.6 Å². The molecule has 3 rings (SSSR count). The summed E-state index contributed by atoms with van der Waals surface area (Å²) < 4.78 is 1.94. The van der Waals surface area contributed by atoms with E-state index in [0.29, 0.717) is 11.7 Å². The molecular formula is C18H22ClN7S. The highest BCUT2D eigenvalue weighted by Gasteiger charge is 2.06. The molecule has 0 radical (unpaired) electrons. The molecule has 0 bridgehead atoms. The Bertz CT molecular complexity index is 872. The normalized spacial score (nSPS) is 11.6. The summed E-state index contributed by atoms with van der Waals surface area (Å²) in [5, 5.41) is 17.5. The summed E-state index contributed by atoms with van der Waals surface area (Å²) in [6.07, 6.45) is 2.62. The molecule has 3 heterocycles. The number of rotatable bonds is 7. The van der Waals surface area contributed by atoms with Crippen LogP contribution in [0.5, 0.6) is 0 Å². The minimum absolute atomic E-state index is 0.458. The first kappa shape index (κ1) is 19.3. The Morgan fingerprint density at radius 3 is 2.81 bits per heavy atom. The summed E-state index contributed by atoms with van der Waals surface area (Å²) in [5.74, 6) is 2.44. The van der Waals surface area contributed by atoms with Crippen molar-refractivity contribution in [3.63, 3.8) is 0 Å². The van der Waals surface area contributed by atoms with Crippen LogP contribution in [0.2, 0.25) is 5.15 Å². The van der Waals surface area contributed by atoms with Crippen molar-refractivity contribution in [3.8, 4) is 0 Å². The molecule has 0 fully saturated rings. The third-order valence-electron chi connectivity index (χ3n) is 4.07. The van der Waals surface area contributed by atoms with Crippen molar-refractivity contribution >= 4 is 28.9 Å². The van der Waals surface area contributed by atoms with Crippen LogP contribution in [0.3, 0.4) is 0 Å². The molecule has 7 nitrogen and oxygen atoms in total. The number of aromatic nitrogens is 4. The molecule has 0 unspecified atom stereocenters. The summed E-state index contributed by atoms with van der Waals surface area (Å²) >= 11 is 7.55. The Hall–Kier alpha value is -2.45. The van der Waals surface area contributed by atoms with Gasteiger partial charge in [-0.25, -0.2) is 9.98 Å². The second kappa shape index (κ2) is 9.48. The number of guanidine groups is 1. The van der Waals surface area contributed by atoms with Crippen LogP contribution >= 0.6 is 22.9 Å². The third kappa shape index (κ3) is 5.77. The number of thiophene rings is 1. The Kier molecular flexibility index (Phi) is 6.78. The van der Waals surface area contributed by atoms with Gasteiger partial charge < -0.3 is 15.2 Å². The largest absolute Gasteiger partial charge is 0.356 e. The van der Waals surface area contributed by atoms with Gasteiger partial charge in [-0.2, -0.15) is 0 Å². The summed E-state index contributed by atoms with van der Waals surface area (Å²) in [6, 6.07) is 7.93. The maximum Gasteiger partial charge on any atom is 0.192 e. The van der Waals surface area contributed by atoms with E-state index in [2.05, 4.69) is 42.3 Å². The molecule has 0 amide bonds. The Labute approximate surface area is 167 Å². The monoisotopic (exact) mass is 403 g/mol. The van der Waals surface area contributed by atoms with Crippen molar-refractivity contribution in [2.75, 3.05) is 6.54 Å². The number of aryl methyl sites for hydroxylation is 1. The number of halogens is 1. The molecule has 0 aliphatic rings. The van der Waals surface area contributed by atoms with E-state index in [0.717, 1.165) is 42.7 Å². The zero-order chi connectivity index (χ0) is 19.1. The van der Waals surface area contributed by atoms with Gasteiger partial charge in [-0.15, -0.1) is 21.5 Å². The molecule has 0 saturated carbocycles. The van der Waals surface area contributed by atoms with Crippen LogP contribution in [-0.2, 0) is 26.6 Å². The lowest BCUT2D eigenvalue weighted by Crippen LogP contribution is -2.38. The van der Waals surface area contributed by atoms with Gasteiger partial charge in [0.25, 0.3) is 0 Å². The van der Waals surface area contributed by atoms with Gasteiger partial charge in [0.2, 0.25) is 0 Å². The van der Waals surface area contributed by atoms with E-state index in [1.165, 1.54) is 4.88 Å². The van der Waals surface area contributed by atoms with Crippen LogP contribution in [0.1, 0.15) is 22.1 Å². The van der Waals surface area contributed by atoms with Gasteiger partial charge in [0.1, 0.15) is 17.5 Å². The Morgan fingerprint density at radius 1 is 1.26 bits per heavy atom. The lowest BCUT2D eigenvalue weighted by Gasteiger charge is -2.12. The molecule has 2 N–H and O–H groups in total. The van der Waals surface area contributed by atoms with Crippen molar-refractivity contribution in [1.29, 1.82) is 0 Å². The highest BCUT2D eigenvalue weighted by molar-refractivity contribution is 7.09. The maximum absolute atomic E-state index is 5.83. The number of nitrogens with zero attached hydrogens (tertiary/aromatic N) is 5. The molecule has 142 valence electrons. The van der Waals surface area contributed by atoms with Gasteiger partial charge in [0.05, 0.1) is 6.54 Å². The van der Waals surface area contributed by atoms with E-state index in [1.807, 2.05) is 30.7 Å². The van der Waals surface area contributed by atoms with Crippen molar-refractivity contribution in [2.45, 2.75) is 26.4 Å². The van der Waals surface area contributed by atoms with Crippen LogP contribution in [0.25, 0.3) is 0 Å². The van der Waals surface area contributed by atoms with Gasteiger partial charge in [-0.3, -0.25) is 0 Å². The van der Waals surface area contributed by atoms with E-state index in [4.69, 9.17) is 11.6 Å². The maximum atomic E-state index is 5.83. The van der Waals surface area contributed by atoms with E-state index >= 15 is 0 Å². The number of aliphatic imine (C=N–C) groups is 1. The molecule has 27 heavy (non-hydrogen) atoms. The average Bonchev–Trinajstić information content (AvgIpc) is 3.30. The number of hydrogen-bond acceptors (Lipinski definition) is 5. The summed E-state index contributed by atoms with van der Waals surface area (Å²) in [4.78, 5) is 10.0. The van der Waals surface area contributed by atoms with Crippen molar-refractivity contribution in [2.24, 2.45) is 12.0 Å². The standard InChI is InChI=1S/C18H22ClN7S/c1-13-24-25-17(26(13)2)12-23-18(22-11-15-4-3-9-27-15)20-8-7-14-5-6-16(19)21-10-14/h3-6,9-10H,7-8,11-12H2,1-2H3,(H2,20,22,23). The van der Waals surface area contributed by atoms with Gasteiger partial charge in [-0.1, -0.05) is 23.7 Å². The Morgan fingerprint density at radius 2 is 2.15 bits per heavy atom. The number of hydrogen-bond donors (Lipinski definition) is 2. The van der Waals surface area contributed by atoms with Crippen molar-refractivity contribution in [3.05, 3.63) is 63.1 Å². The lowest BCUT2D eigenvalue weighted by atomic mass is 10.2. The first-order valence-corrected chi connectivity index (χ1v) is 9.87. The molecular weight excluding hydrogens is 382 g/mol. The van der Waals surface area contributed by atoms with Gasteiger partial charge in [0, 0.05) is 24.7 Å². The Balaban J connectivity index is 1.60. The highest BCUT2D eigenvalue weighted by Crippen LogP contribution is 2.08. The lowest BCUT2D eigenvalue weighted by molar-refractivity contribution is 0.749. The highest BCUT2D eigenvalue weighted by atomic mass is 35.5. The fourth-order valence-electron chi connectivity index (χ4n) is 2.38. The molecule has 0 spiro atoms. The third-order valence-corrected chi connectivity index (χ3v) is 5.17. The van der Waals surface area contributed by atoms with E-state index in [9.17, 15) is 0 Å². The average molecular weight is 404 g/mol. The minimum atomic E-state index is 0.458. The van der Waals surface area contributed by atoms with Gasteiger partial charge >= 0.3 is 0 Å². The SMILES string of the molecule is Cc1nnc(CN=C(NCCc2ccc(Cl)nc2)NCc2cccs2)n1C. The second-order valence-electron chi connectivity index (χ2n) is 5.99. The van der Waals surface area contributed by atoms with Crippen LogP contribution < -0.4 is 10.6 Å². The zero-order valence-corrected chi connectivity index (χ0v) is 16.9. The van der Waals surface area contributed by atoms with Crippen LogP contribution in [0.4, 0.5) is 0 Å². The quantitative estimate of drug-likeness (QED) is 0.360. The molecule has 0 aromatic carbocycles. The number of pyridine rings is 1. The van der Waals surface area contributed by atoms with Gasteiger partial charge in [0.15, 0.2) is 11.8 Å². The predicted molar refractivity (Wildman–Crippen MR) is 109 cm³/mol. The van der Waals surface area contributed by atoms with Crippen LogP contribution in [-0.4, -0.2) is 32.3 Å². The zero-order valence-electron chi connectivity index (χ0n) is 15.3. The molecule has 3 aromatic heterocycles. The van der Waals surface area contributed by atoms with Crippen LogP contribution in [0, 0.1) is 6.92 Å². The van der Waals surface area contributed by atoms with Gasteiger partial charge in [-0.05, 0) is 36.4 Å². The van der Waals surface area contributed by atoms with E-state index in [-0.39, 0.29) is 0 Å². The minimum Gasteiger partial charge on any atom is -0.356 e. The molecule has 0 atom stereocenters. The summed E-state index contributed by atoms with van der Waals surface area (Å²) in [5.41, 5.74) is 1.12. The summed E-state index contributed by atoms with van der Waals surface area (Å²) in [6.45, 7) is 3.84. The number of nitrogens with one attached hydrogen (secondary N) is 2. The molecule has 0 saturated heterocycles. The predicted octanol–water partition coefficient (Wildman–Crippen LogP) is 2.71. The second-order valence-corrected chi connectivity index (χ2v) is 7.41. The van der Waals surface area contributed by atoms with Crippen LogP contribution in [0.15, 0.2) is 40.8 Å². The first-order chi connectivity index (χ1) is 13.1. The fourth-order valence-corrected chi connectivity index (χ4v) is 3.13. The van der Waals surface area contributed by atoms with Crippen molar-refractivity contribution < 1.29 is 0 Å².